The summed E-state index contributed by atoms with van der Waals surface area (Å²) in [7, 11) is 0. The number of aromatic amines is 1. The van der Waals surface area contributed by atoms with E-state index >= 15 is 0 Å². The summed E-state index contributed by atoms with van der Waals surface area (Å²) in [4.78, 5) is 4.46. The van der Waals surface area contributed by atoms with Crippen molar-refractivity contribution in [2.75, 3.05) is 6.61 Å². The second-order valence-corrected chi connectivity index (χ2v) is 7.31. The van der Waals surface area contributed by atoms with Crippen LogP contribution in [0.1, 0.15) is 30.9 Å². The number of benzene rings is 1. The van der Waals surface area contributed by atoms with Crippen LogP contribution in [-0.4, -0.2) is 42.8 Å². The minimum Gasteiger partial charge on any atom is -0.386 e. The summed E-state index contributed by atoms with van der Waals surface area (Å²) in [5.41, 5.74) is 3.20. The Morgan fingerprint density at radius 2 is 2.14 bits per heavy atom. The van der Waals surface area contributed by atoms with Gasteiger partial charge < -0.3 is 9.84 Å². The van der Waals surface area contributed by atoms with Crippen LogP contribution >= 0.6 is 0 Å². The molecule has 0 bridgehead atoms. The first-order valence-electron chi connectivity index (χ1n) is 9.61. The average molecular weight is 393 g/mol. The topological polar surface area (TPSA) is 88.8 Å². The molecule has 1 saturated carbocycles. The van der Waals surface area contributed by atoms with Crippen LogP contribution in [0.3, 0.4) is 0 Å². The highest BCUT2D eigenvalue weighted by Crippen LogP contribution is 2.27. The van der Waals surface area contributed by atoms with Crippen LogP contribution in [0.2, 0.25) is 0 Å². The van der Waals surface area contributed by atoms with Crippen molar-refractivity contribution in [3.05, 3.63) is 60.3 Å². The molecule has 1 aliphatic carbocycles. The van der Waals surface area contributed by atoms with Gasteiger partial charge in [0.1, 0.15) is 11.9 Å². The predicted octanol–water partition coefficient (Wildman–Crippen LogP) is 3.55. The Hall–Kier alpha value is -3.10. The third-order valence-electron chi connectivity index (χ3n) is 5.29. The normalized spacial score (nSPS) is 15.5. The molecule has 2 N–H and O–H groups in total. The highest BCUT2D eigenvalue weighted by atomic mass is 19.1. The van der Waals surface area contributed by atoms with Crippen LogP contribution in [-0.2, 0) is 4.74 Å². The number of aliphatic hydroxyl groups excluding tert-OH is 1. The van der Waals surface area contributed by atoms with E-state index in [1.54, 1.807) is 29.3 Å². The van der Waals surface area contributed by atoms with E-state index in [4.69, 9.17) is 4.74 Å². The van der Waals surface area contributed by atoms with Gasteiger partial charge in [-0.2, -0.15) is 10.2 Å². The first-order chi connectivity index (χ1) is 14.2. The lowest BCUT2D eigenvalue weighted by Crippen LogP contribution is -2.24. The lowest BCUT2D eigenvalue weighted by atomic mass is 9.96. The van der Waals surface area contributed by atoms with Gasteiger partial charge in [-0.25, -0.2) is 14.1 Å². The van der Waals surface area contributed by atoms with Gasteiger partial charge in [0.25, 0.3) is 0 Å². The van der Waals surface area contributed by atoms with Crippen LogP contribution in [0.15, 0.2) is 48.9 Å². The molecule has 29 heavy (non-hydrogen) atoms. The smallest absolute Gasteiger partial charge is 0.162 e. The zero-order valence-corrected chi connectivity index (χ0v) is 15.6. The third kappa shape index (κ3) is 3.52. The fraction of sp³-hybridized carbons (Fsp3) is 0.286. The van der Waals surface area contributed by atoms with E-state index < -0.39 is 6.10 Å². The summed E-state index contributed by atoms with van der Waals surface area (Å²) in [6.07, 6.45) is 7.73. The number of rotatable bonds is 6. The van der Waals surface area contributed by atoms with Crippen molar-refractivity contribution in [1.82, 2.24) is 25.0 Å². The molecule has 0 amide bonds. The molecule has 0 saturated heterocycles. The number of hydrogen-bond donors (Lipinski definition) is 2. The summed E-state index contributed by atoms with van der Waals surface area (Å²) in [5, 5.41) is 22.3. The number of H-pyrrole nitrogens is 1. The molecule has 3 heterocycles. The van der Waals surface area contributed by atoms with E-state index in [-0.39, 0.29) is 18.5 Å². The van der Waals surface area contributed by atoms with Gasteiger partial charge in [-0.1, -0.05) is 0 Å². The van der Waals surface area contributed by atoms with Crippen molar-refractivity contribution in [3.8, 4) is 16.9 Å². The molecule has 4 aromatic rings. The lowest BCUT2D eigenvalue weighted by molar-refractivity contribution is -0.0427. The van der Waals surface area contributed by atoms with Crippen LogP contribution in [0.5, 0.6) is 0 Å². The minimum atomic E-state index is -0.739. The molecular weight excluding hydrogens is 373 g/mol. The summed E-state index contributed by atoms with van der Waals surface area (Å²) in [5.74, 6) is -0.379. The number of aromatic nitrogens is 5. The van der Waals surface area contributed by atoms with Crippen molar-refractivity contribution in [3.63, 3.8) is 0 Å². The molecule has 0 unspecified atom stereocenters. The maximum Gasteiger partial charge on any atom is 0.162 e. The summed E-state index contributed by atoms with van der Waals surface area (Å²) in [6.45, 7) is 0.253. The van der Waals surface area contributed by atoms with Gasteiger partial charge in [0.2, 0.25) is 0 Å². The number of pyridine rings is 1. The third-order valence-corrected chi connectivity index (χ3v) is 5.29. The Labute approximate surface area is 166 Å². The fourth-order valence-electron chi connectivity index (χ4n) is 3.44. The quantitative estimate of drug-likeness (QED) is 0.523. The van der Waals surface area contributed by atoms with Crippen LogP contribution in [0, 0.1) is 5.82 Å². The molecule has 148 valence electrons. The fourth-order valence-corrected chi connectivity index (χ4v) is 3.44. The number of nitrogens with one attached hydrogen (secondary N) is 1. The molecule has 8 heteroatoms. The van der Waals surface area contributed by atoms with Gasteiger partial charge in [0.15, 0.2) is 5.65 Å². The van der Waals surface area contributed by atoms with E-state index in [9.17, 15) is 9.50 Å². The zero-order chi connectivity index (χ0) is 19.8. The summed E-state index contributed by atoms with van der Waals surface area (Å²) >= 11 is 0. The van der Waals surface area contributed by atoms with E-state index in [0.29, 0.717) is 28.2 Å². The number of halogens is 1. The standard InChI is InChI=1S/C21H20FN5O2/c22-16-7-13(19-4-5-24-26-19)8-17(9-16)27-21-15(11-25-27)6-14(10-23-21)20(28)12-29-18-2-1-3-18/h4-11,18,20,28H,1-3,12H2,(H,24,26)/t20-/m1/s1. The molecule has 7 nitrogen and oxygen atoms in total. The maximum atomic E-state index is 14.2. The van der Waals surface area contributed by atoms with Gasteiger partial charge in [-0.15, -0.1) is 0 Å². The van der Waals surface area contributed by atoms with Gasteiger partial charge in [0, 0.05) is 28.9 Å². The molecular formula is C21H20FN5O2. The molecule has 1 atom stereocenters. The zero-order valence-electron chi connectivity index (χ0n) is 15.6. The summed E-state index contributed by atoms with van der Waals surface area (Å²) in [6, 6.07) is 8.28. The molecule has 0 aliphatic heterocycles. The molecule has 1 aromatic carbocycles. The molecule has 3 aromatic heterocycles. The highest BCUT2D eigenvalue weighted by Gasteiger charge is 2.20. The second kappa shape index (κ2) is 7.38. The Kier molecular flexibility index (Phi) is 4.57. The first-order valence-corrected chi connectivity index (χ1v) is 9.61. The van der Waals surface area contributed by atoms with Crippen LogP contribution in [0.25, 0.3) is 28.0 Å². The van der Waals surface area contributed by atoms with E-state index in [0.717, 1.165) is 18.2 Å². The molecule has 5 rings (SSSR count). The van der Waals surface area contributed by atoms with Crippen LogP contribution < -0.4 is 0 Å². The maximum absolute atomic E-state index is 14.2. The molecule has 0 spiro atoms. The van der Waals surface area contributed by atoms with Crippen molar-refractivity contribution < 1.29 is 14.2 Å². The number of ether oxygens (including phenoxy) is 1. The SMILES string of the molecule is O[C@H](COC1CCC1)c1cnc2c(cnn2-c2cc(F)cc(-c3ccn[nH]3)c2)c1. The largest absolute Gasteiger partial charge is 0.386 e. The molecule has 1 aliphatic rings. The van der Waals surface area contributed by atoms with E-state index in [1.807, 2.05) is 12.1 Å². The minimum absolute atomic E-state index is 0.253. The van der Waals surface area contributed by atoms with Gasteiger partial charge in [0.05, 0.1) is 30.3 Å². The Bertz CT molecular complexity index is 1140. The Balaban J connectivity index is 1.44. The van der Waals surface area contributed by atoms with Gasteiger partial charge in [-0.05, 0) is 49.6 Å². The predicted molar refractivity (Wildman–Crippen MR) is 105 cm³/mol. The Morgan fingerprint density at radius 1 is 1.24 bits per heavy atom. The second-order valence-electron chi connectivity index (χ2n) is 7.31. The van der Waals surface area contributed by atoms with Crippen molar-refractivity contribution in [1.29, 1.82) is 0 Å². The van der Waals surface area contributed by atoms with Crippen LogP contribution in [0.4, 0.5) is 4.39 Å². The van der Waals surface area contributed by atoms with Gasteiger partial charge >= 0.3 is 0 Å². The number of nitrogens with zero attached hydrogens (tertiary/aromatic N) is 4. The summed E-state index contributed by atoms with van der Waals surface area (Å²) < 4.78 is 21.5. The van der Waals surface area contributed by atoms with Crippen molar-refractivity contribution in [2.24, 2.45) is 0 Å². The number of fused-ring (bicyclic) bond motifs is 1. The molecule has 0 radical (unpaired) electrons. The van der Waals surface area contributed by atoms with Crippen molar-refractivity contribution >= 4 is 11.0 Å². The lowest BCUT2D eigenvalue weighted by Gasteiger charge is -2.26. The number of aliphatic hydroxyl groups is 1. The van der Waals surface area contributed by atoms with Crippen molar-refractivity contribution in [2.45, 2.75) is 31.5 Å². The number of hydrogen-bond acceptors (Lipinski definition) is 5. The molecule has 1 fully saturated rings. The monoisotopic (exact) mass is 393 g/mol. The highest BCUT2D eigenvalue weighted by molar-refractivity contribution is 5.77. The Morgan fingerprint density at radius 3 is 2.90 bits per heavy atom. The average Bonchev–Trinajstić information content (AvgIpc) is 3.35. The van der Waals surface area contributed by atoms with Gasteiger partial charge in [-0.3, -0.25) is 5.10 Å². The first kappa shape index (κ1) is 18.0. The van der Waals surface area contributed by atoms with E-state index in [2.05, 4.69) is 20.3 Å². The van der Waals surface area contributed by atoms with E-state index in [1.165, 1.54) is 18.6 Å².